The van der Waals surface area contributed by atoms with E-state index in [1.54, 1.807) is 10.6 Å². The molecule has 0 aliphatic heterocycles. The molecule has 3 N–H and O–H groups in total. The second-order valence-corrected chi connectivity index (χ2v) is 3.40. The molecule has 2 rings (SSSR count). The van der Waals surface area contributed by atoms with Gasteiger partial charge in [-0.2, -0.15) is 0 Å². The highest BCUT2D eigenvalue weighted by Gasteiger charge is 2.11. The first kappa shape index (κ1) is 9.45. The van der Waals surface area contributed by atoms with Gasteiger partial charge in [0.25, 0.3) is 0 Å². The lowest BCUT2D eigenvalue weighted by Gasteiger charge is -2.11. The first-order valence-corrected chi connectivity index (χ1v) is 4.60. The van der Waals surface area contributed by atoms with Crippen LogP contribution < -0.4 is 5.73 Å². The number of rotatable bonds is 2. The maximum absolute atomic E-state index is 8.97. The molecule has 0 radical (unpaired) electrons. The van der Waals surface area contributed by atoms with Gasteiger partial charge in [0.2, 0.25) is 0 Å². The van der Waals surface area contributed by atoms with E-state index in [2.05, 4.69) is 4.98 Å². The second-order valence-electron chi connectivity index (χ2n) is 3.01. The molecule has 14 heavy (non-hydrogen) atoms. The third kappa shape index (κ3) is 1.37. The van der Waals surface area contributed by atoms with Crippen molar-refractivity contribution in [3.8, 4) is 0 Å². The summed E-state index contributed by atoms with van der Waals surface area (Å²) in [4.78, 5) is 4.09. The smallest absolute Gasteiger partial charge is 0.138 e. The summed E-state index contributed by atoms with van der Waals surface area (Å²) < 4.78 is 1.72. The lowest BCUT2D eigenvalue weighted by Crippen LogP contribution is -2.17. The Kier molecular flexibility index (Phi) is 2.41. The van der Waals surface area contributed by atoms with Crippen LogP contribution in [0.15, 0.2) is 24.4 Å². The monoisotopic (exact) mass is 211 g/mol. The van der Waals surface area contributed by atoms with Crippen molar-refractivity contribution in [2.75, 3.05) is 6.61 Å². The summed E-state index contributed by atoms with van der Waals surface area (Å²) >= 11 is 5.94. The molecule has 0 bridgehead atoms. The molecule has 4 nitrogen and oxygen atoms in total. The van der Waals surface area contributed by atoms with E-state index in [1.807, 2.05) is 18.2 Å². The molecule has 0 aliphatic rings. The molecule has 0 amide bonds. The van der Waals surface area contributed by atoms with Gasteiger partial charge in [0.05, 0.1) is 18.8 Å². The zero-order valence-corrected chi connectivity index (χ0v) is 8.15. The molecule has 0 fully saturated rings. The Morgan fingerprint density at radius 2 is 2.36 bits per heavy atom. The van der Waals surface area contributed by atoms with Gasteiger partial charge >= 0.3 is 0 Å². The van der Waals surface area contributed by atoms with Gasteiger partial charge in [-0.15, -0.1) is 0 Å². The lowest BCUT2D eigenvalue weighted by atomic mass is 10.2. The largest absolute Gasteiger partial charge is 0.394 e. The number of fused-ring (bicyclic) bond motifs is 1. The van der Waals surface area contributed by atoms with Crippen LogP contribution in [0.5, 0.6) is 0 Å². The molecule has 5 heteroatoms. The zero-order valence-electron chi connectivity index (χ0n) is 7.39. The standard InChI is InChI=1S/C9H10ClN3O/c10-8-4-12-9-3-1-2-7(13(8)9)6(11)5-14/h1-4,6,14H,5,11H2. The van der Waals surface area contributed by atoms with Crippen LogP contribution in [0.3, 0.4) is 0 Å². The van der Waals surface area contributed by atoms with E-state index >= 15 is 0 Å². The first-order chi connectivity index (χ1) is 6.74. The Morgan fingerprint density at radius 1 is 1.57 bits per heavy atom. The molecule has 1 atom stereocenters. The molecule has 2 aromatic heterocycles. The molecular weight excluding hydrogens is 202 g/mol. The van der Waals surface area contributed by atoms with Crippen LogP contribution in [0.2, 0.25) is 5.15 Å². The van der Waals surface area contributed by atoms with Crippen LogP contribution in [-0.2, 0) is 0 Å². The van der Waals surface area contributed by atoms with E-state index in [4.69, 9.17) is 22.4 Å². The summed E-state index contributed by atoms with van der Waals surface area (Å²) in [5.41, 5.74) is 7.22. The van der Waals surface area contributed by atoms with Gasteiger partial charge in [-0.25, -0.2) is 4.98 Å². The molecule has 0 spiro atoms. The Morgan fingerprint density at radius 3 is 3.07 bits per heavy atom. The summed E-state index contributed by atoms with van der Waals surface area (Å²) in [6, 6.07) is 5.05. The summed E-state index contributed by atoms with van der Waals surface area (Å²) in [5, 5.41) is 9.47. The number of hydrogen-bond donors (Lipinski definition) is 2. The van der Waals surface area contributed by atoms with Gasteiger partial charge in [-0.05, 0) is 12.1 Å². The van der Waals surface area contributed by atoms with E-state index < -0.39 is 6.04 Å². The summed E-state index contributed by atoms with van der Waals surface area (Å²) in [5.74, 6) is 0. The quantitative estimate of drug-likeness (QED) is 0.779. The number of aliphatic hydroxyl groups excluding tert-OH is 1. The zero-order chi connectivity index (χ0) is 10.1. The normalized spacial score (nSPS) is 13.4. The van der Waals surface area contributed by atoms with E-state index in [0.717, 1.165) is 11.3 Å². The summed E-state index contributed by atoms with van der Waals surface area (Å²) in [6.07, 6.45) is 1.56. The molecule has 74 valence electrons. The number of aromatic nitrogens is 2. The highest BCUT2D eigenvalue weighted by atomic mass is 35.5. The fourth-order valence-electron chi connectivity index (χ4n) is 1.41. The number of nitrogens with two attached hydrogens (primary N) is 1. The Labute approximate surface area is 85.9 Å². The molecule has 0 saturated carbocycles. The third-order valence-corrected chi connectivity index (χ3v) is 2.36. The molecule has 0 aromatic carbocycles. The van der Waals surface area contributed by atoms with Crippen molar-refractivity contribution >= 4 is 17.2 Å². The van der Waals surface area contributed by atoms with Crippen molar-refractivity contribution in [3.63, 3.8) is 0 Å². The molecular formula is C9H10ClN3O. The highest BCUT2D eigenvalue weighted by molar-refractivity contribution is 6.29. The number of imidazole rings is 1. The SMILES string of the molecule is NC(CO)c1cccc2ncc(Cl)n12. The Bertz CT molecular complexity index is 454. The van der Waals surface area contributed by atoms with Crippen LogP contribution in [0.4, 0.5) is 0 Å². The Balaban J connectivity index is 2.69. The molecule has 1 unspecified atom stereocenters. The van der Waals surface area contributed by atoms with E-state index in [-0.39, 0.29) is 6.61 Å². The number of hydrogen-bond acceptors (Lipinski definition) is 3. The van der Waals surface area contributed by atoms with Gasteiger partial charge in [0.1, 0.15) is 10.8 Å². The predicted octanol–water partition coefficient (Wildman–Crippen LogP) is 0.980. The fraction of sp³-hybridized carbons (Fsp3) is 0.222. The number of pyridine rings is 1. The van der Waals surface area contributed by atoms with Gasteiger partial charge < -0.3 is 10.8 Å². The summed E-state index contributed by atoms with van der Waals surface area (Å²) in [7, 11) is 0. The van der Waals surface area contributed by atoms with Gasteiger partial charge in [0.15, 0.2) is 0 Å². The summed E-state index contributed by atoms with van der Waals surface area (Å²) in [6.45, 7) is -0.117. The van der Waals surface area contributed by atoms with Crippen molar-refractivity contribution < 1.29 is 5.11 Å². The average Bonchev–Trinajstić information content (AvgIpc) is 2.59. The van der Waals surface area contributed by atoms with Crippen molar-refractivity contribution in [1.82, 2.24) is 9.38 Å². The lowest BCUT2D eigenvalue weighted by molar-refractivity contribution is 0.265. The fourth-order valence-corrected chi connectivity index (χ4v) is 1.64. The molecule has 2 aromatic rings. The van der Waals surface area contributed by atoms with Gasteiger partial charge in [-0.3, -0.25) is 4.40 Å². The maximum atomic E-state index is 8.97. The van der Waals surface area contributed by atoms with Crippen LogP contribution in [0.25, 0.3) is 5.65 Å². The van der Waals surface area contributed by atoms with Crippen LogP contribution in [0, 0.1) is 0 Å². The average molecular weight is 212 g/mol. The highest BCUT2D eigenvalue weighted by Crippen LogP contribution is 2.18. The van der Waals surface area contributed by atoms with Crippen molar-refractivity contribution in [1.29, 1.82) is 0 Å². The number of nitrogens with zero attached hydrogens (tertiary/aromatic N) is 2. The molecule has 2 heterocycles. The van der Waals surface area contributed by atoms with Gasteiger partial charge in [-0.1, -0.05) is 17.7 Å². The predicted molar refractivity (Wildman–Crippen MR) is 54.2 cm³/mol. The number of aliphatic hydroxyl groups is 1. The number of halogens is 1. The van der Waals surface area contributed by atoms with Crippen molar-refractivity contribution in [2.45, 2.75) is 6.04 Å². The topological polar surface area (TPSA) is 63.5 Å². The Hall–Kier alpha value is -1.10. The van der Waals surface area contributed by atoms with Crippen molar-refractivity contribution in [3.05, 3.63) is 35.2 Å². The van der Waals surface area contributed by atoms with E-state index in [0.29, 0.717) is 5.15 Å². The first-order valence-electron chi connectivity index (χ1n) is 4.22. The maximum Gasteiger partial charge on any atom is 0.138 e. The minimum atomic E-state index is -0.439. The third-order valence-electron chi connectivity index (χ3n) is 2.09. The van der Waals surface area contributed by atoms with E-state index in [9.17, 15) is 0 Å². The molecule has 0 saturated heterocycles. The minimum Gasteiger partial charge on any atom is -0.394 e. The van der Waals surface area contributed by atoms with Crippen LogP contribution in [-0.4, -0.2) is 21.1 Å². The van der Waals surface area contributed by atoms with Crippen LogP contribution in [0.1, 0.15) is 11.7 Å². The van der Waals surface area contributed by atoms with Crippen LogP contribution >= 0.6 is 11.6 Å². The van der Waals surface area contributed by atoms with E-state index in [1.165, 1.54) is 0 Å². The van der Waals surface area contributed by atoms with Crippen molar-refractivity contribution in [2.24, 2.45) is 5.73 Å². The van der Waals surface area contributed by atoms with Gasteiger partial charge in [0, 0.05) is 5.69 Å². The second kappa shape index (κ2) is 3.57. The molecule has 0 aliphatic carbocycles. The minimum absolute atomic E-state index is 0.117.